The first-order valence-corrected chi connectivity index (χ1v) is 13.7. The maximum atomic E-state index is 13.5. The number of phenolic OH excluding ortho intramolecular Hbond substituents is 1. The molecule has 0 spiro atoms. The Morgan fingerprint density at radius 1 is 1.23 bits per heavy atom. The number of likely N-dealkylation sites (tertiary alicyclic amines) is 1. The van der Waals surface area contributed by atoms with E-state index in [2.05, 4.69) is 29.5 Å². The fourth-order valence-corrected chi connectivity index (χ4v) is 5.79. The zero-order chi connectivity index (χ0) is 28.4. The molecule has 210 valence electrons. The summed E-state index contributed by atoms with van der Waals surface area (Å²) in [5.41, 5.74) is 2.76. The number of ether oxygens (including phenoxy) is 1. The highest BCUT2D eigenvalue weighted by atomic mass is 16.5. The zero-order valence-electron chi connectivity index (χ0n) is 23.0. The third-order valence-electron chi connectivity index (χ3n) is 8.12. The fraction of sp³-hybridized carbons (Fsp3) is 0.483. The second kappa shape index (κ2) is 11.5. The van der Waals surface area contributed by atoms with Gasteiger partial charge in [-0.15, -0.1) is 0 Å². The predicted octanol–water partition coefficient (Wildman–Crippen LogP) is 2.24. The number of carbonyl (C=O) groups is 2. The number of fused-ring (bicyclic) bond motifs is 1. The van der Waals surface area contributed by atoms with E-state index in [1.165, 1.54) is 12.1 Å². The van der Waals surface area contributed by atoms with Crippen molar-refractivity contribution in [2.45, 2.75) is 51.4 Å². The molecular weight excluding hydrogens is 510 g/mol. The van der Waals surface area contributed by atoms with Crippen LogP contribution in [-0.4, -0.2) is 93.5 Å². The molecule has 2 saturated heterocycles. The van der Waals surface area contributed by atoms with E-state index in [0.717, 1.165) is 30.5 Å². The van der Waals surface area contributed by atoms with Crippen molar-refractivity contribution in [1.82, 2.24) is 24.7 Å². The van der Waals surface area contributed by atoms with Crippen molar-refractivity contribution in [3.05, 3.63) is 53.2 Å². The third kappa shape index (κ3) is 5.45. The number of nitrogens with zero attached hydrogens (tertiary/aromatic N) is 7. The number of aryl methyl sites for hydroxylation is 1. The van der Waals surface area contributed by atoms with Crippen molar-refractivity contribution < 1.29 is 19.4 Å². The molecular formula is C29H35N7O4. The number of aromatic hydroxyl groups is 1. The van der Waals surface area contributed by atoms with E-state index in [0.29, 0.717) is 55.9 Å². The number of carbonyl (C=O) groups excluding carboxylic acids is 2. The zero-order valence-corrected chi connectivity index (χ0v) is 23.0. The Hall–Kier alpha value is -4.17. The van der Waals surface area contributed by atoms with Crippen LogP contribution in [0.2, 0.25) is 0 Å². The smallest absolute Gasteiger partial charge is 0.318 e. The van der Waals surface area contributed by atoms with Crippen LogP contribution in [-0.2, 0) is 17.9 Å². The van der Waals surface area contributed by atoms with Gasteiger partial charge in [0.05, 0.1) is 37.3 Å². The summed E-state index contributed by atoms with van der Waals surface area (Å²) in [5.74, 6) is 0.303. The molecule has 0 aliphatic carbocycles. The molecule has 11 heteroatoms. The van der Waals surface area contributed by atoms with Gasteiger partial charge in [-0.1, -0.05) is 12.6 Å². The number of piperazine rings is 1. The average molecular weight is 546 g/mol. The number of phenols is 1. The molecule has 11 nitrogen and oxygen atoms in total. The molecule has 0 bridgehead atoms. The molecule has 3 aliphatic heterocycles. The van der Waals surface area contributed by atoms with Gasteiger partial charge in [0.15, 0.2) is 0 Å². The highest BCUT2D eigenvalue weighted by Gasteiger charge is 2.36. The standard InChI is InChI=1S/C29H35N7O4/c1-4-26(38)36-13-12-34(15-20(36)9-10-30)27-24-16-35(28(39)23-14-22(37)8-7-19(23)2)17-25(24)31-29(32-27)40-18-21-6-5-11-33(21)3/h4,7-8,14,20-21,37H,1,5-6,9,11-13,15-18H2,2-3H3/t20-,21-/m0/s1. The molecule has 4 heterocycles. The minimum Gasteiger partial charge on any atom is -0.508 e. The molecule has 1 N–H and O–H groups in total. The van der Waals surface area contributed by atoms with Crippen LogP contribution in [0.25, 0.3) is 0 Å². The number of nitriles is 1. The maximum absolute atomic E-state index is 13.5. The van der Waals surface area contributed by atoms with Crippen molar-refractivity contribution in [1.29, 1.82) is 5.26 Å². The third-order valence-corrected chi connectivity index (χ3v) is 8.12. The Labute approximate surface area is 234 Å². The van der Waals surface area contributed by atoms with Crippen LogP contribution < -0.4 is 9.64 Å². The summed E-state index contributed by atoms with van der Waals surface area (Å²) in [4.78, 5) is 43.2. The van der Waals surface area contributed by atoms with Crippen LogP contribution in [0, 0.1) is 18.3 Å². The first-order chi connectivity index (χ1) is 19.3. The summed E-state index contributed by atoms with van der Waals surface area (Å²) < 4.78 is 6.13. The van der Waals surface area contributed by atoms with E-state index in [1.807, 2.05) is 6.92 Å². The largest absolute Gasteiger partial charge is 0.508 e. The number of anilines is 1. The molecule has 1 aromatic carbocycles. The van der Waals surface area contributed by atoms with Gasteiger partial charge in [0.2, 0.25) is 5.91 Å². The summed E-state index contributed by atoms with van der Waals surface area (Å²) in [6, 6.07) is 7.21. The van der Waals surface area contributed by atoms with E-state index in [-0.39, 0.29) is 42.6 Å². The molecule has 2 fully saturated rings. The van der Waals surface area contributed by atoms with Gasteiger partial charge in [0, 0.05) is 36.8 Å². The molecule has 0 radical (unpaired) electrons. The molecule has 3 aliphatic rings. The lowest BCUT2D eigenvalue weighted by Crippen LogP contribution is -2.55. The van der Waals surface area contributed by atoms with Gasteiger partial charge >= 0.3 is 6.01 Å². The summed E-state index contributed by atoms with van der Waals surface area (Å²) in [6.07, 6.45) is 3.64. The lowest BCUT2D eigenvalue weighted by Gasteiger charge is -2.41. The van der Waals surface area contributed by atoms with Gasteiger partial charge in [-0.05, 0) is 57.1 Å². The molecule has 40 heavy (non-hydrogen) atoms. The number of likely N-dealkylation sites (N-methyl/N-ethyl adjacent to an activating group) is 1. The number of rotatable bonds is 7. The van der Waals surface area contributed by atoms with Crippen molar-refractivity contribution >= 4 is 17.6 Å². The van der Waals surface area contributed by atoms with Gasteiger partial charge in [-0.25, -0.2) is 0 Å². The van der Waals surface area contributed by atoms with Crippen molar-refractivity contribution in [2.75, 3.05) is 44.7 Å². The molecule has 0 unspecified atom stereocenters. The topological polar surface area (TPSA) is 126 Å². The summed E-state index contributed by atoms with van der Waals surface area (Å²) in [5, 5.41) is 19.4. The van der Waals surface area contributed by atoms with Crippen LogP contribution in [0.15, 0.2) is 30.9 Å². The highest BCUT2D eigenvalue weighted by Crippen LogP contribution is 2.34. The number of hydrogen-bond donors (Lipinski definition) is 1. The average Bonchev–Trinajstić information content (AvgIpc) is 3.57. The van der Waals surface area contributed by atoms with Gasteiger partial charge in [0.1, 0.15) is 18.2 Å². The summed E-state index contributed by atoms with van der Waals surface area (Å²) in [7, 11) is 2.09. The Morgan fingerprint density at radius 3 is 2.77 bits per heavy atom. The Morgan fingerprint density at radius 2 is 2.05 bits per heavy atom. The second-order valence-electron chi connectivity index (χ2n) is 10.7. The summed E-state index contributed by atoms with van der Waals surface area (Å²) in [6.45, 7) is 8.89. The normalized spacial score (nSPS) is 20.8. The van der Waals surface area contributed by atoms with Crippen LogP contribution >= 0.6 is 0 Å². The SMILES string of the molecule is C=CC(=O)N1CCN(c2nc(OC[C@@H]3CCCN3C)nc3c2CN(C(=O)c2cc(O)ccc2C)C3)C[C@@H]1CC#N. The van der Waals surface area contributed by atoms with Crippen molar-refractivity contribution in [3.8, 4) is 17.8 Å². The van der Waals surface area contributed by atoms with Gasteiger partial charge in [0.25, 0.3) is 5.91 Å². The molecule has 1 aromatic heterocycles. The lowest BCUT2D eigenvalue weighted by atomic mass is 10.1. The van der Waals surface area contributed by atoms with Gasteiger partial charge in [-0.2, -0.15) is 15.2 Å². The number of amides is 2. The second-order valence-corrected chi connectivity index (χ2v) is 10.7. The quantitative estimate of drug-likeness (QED) is 0.521. The Balaban J connectivity index is 1.45. The van der Waals surface area contributed by atoms with Crippen LogP contribution in [0.3, 0.4) is 0 Å². The van der Waals surface area contributed by atoms with Crippen LogP contribution in [0.5, 0.6) is 11.8 Å². The maximum Gasteiger partial charge on any atom is 0.318 e. The van der Waals surface area contributed by atoms with E-state index in [9.17, 15) is 20.0 Å². The highest BCUT2D eigenvalue weighted by molar-refractivity contribution is 5.96. The van der Waals surface area contributed by atoms with Crippen molar-refractivity contribution in [3.63, 3.8) is 0 Å². The van der Waals surface area contributed by atoms with Crippen LogP contribution in [0.4, 0.5) is 5.82 Å². The van der Waals surface area contributed by atoms with Crippen LogP contribution in [0.1, 0.15) is 46.4 Å². The first-order valence-electron chi connectivity index (χ1n) is 13.7. The van der Waals surface area contributed by atoms with E-state index in [1.54, 1.807) is 21.9 Å². The van der Waals surface area contributed by atoms with E-state index < -0.39 is 0 Å². The monoisotopic (exact) mass is 545 g/mol. The van der Waals surface area contributed by atoms with Gasteiger partial charge < -0.3 is 29.4 Å². The fourth-order valence-electron chi connectivity index (χ4n) is 5.79. The summed E-state index contributed by atoms with van der Waals surface area (Å²) >= 11 is 0. The number of benzene rings is 1. The number of aromatic nitrogens is 2. The lowest BCUT2D eigenvalue weighted by molar-refractivity contribution is -0.128. The van der Waals surface area contributed by atoms with E-state index >= 15 is 0 Å². The van der Waals surface area contributed by atoms with E-state index in [4.69, 9.17) is 14.7 Å². The first kappa shape index (κ1) is 27.4. The Bertz CT molecular complexity index is 1360. The molecule has 5 rings (SSSR count). The molecule has 2 aromatic rings. The number of hydrogen-bond acceptors (Lipinski definition) is 9. The van der Waals surface area contributed by atoms with Gasteiger partial charge in [-0.3, -0.25) is 9.59 Å². The predicted molar refractivity (Wildman–Crippen MR) is 148 cm³/mol. The molecule has 2 amide bonds. The molecule has 2 atom stereocenters. The minimum absolute atomic E-state index is 0.0363. The van der Waals surface area contributed by atoms with Crippen molar-refractivity contribution in [2.24, 2.45) is 0 Å². The molecule has 0 saturated carbocycles. The Kier molecular flexibility index (Phi) is 7.89. The minimum atomic E-state index is -0.319.